The van der Waals surface area contributed by atoms with Crippen LogP contribution in [0.4, 0.5) is 5.69 Å². The summed E-state index contributed by atoms with van der Waals surface area (Å²) in [6, 6.07) is 15.9. The Kier molecular flexibility index (Phi) is 7.28. The molecule has 29 heavy (non-hydrogen) atoms. The van der Waals surface area contributed by atoms with Gasteiger partial charge in [0.25, 0.3) is 0 Å². The number of rotatable bonds is 8. The zero-order chi connectivity index (χ0) is 20.7. The molecule has 1 aliphatic heterocycles. The number of hydrogen-bond donors (Lipinski definition) is 1. The summed E-state index contributed by atoms with van der Waals surface area (Å²) >= 11 is 0. The van der Waals surface area contributed by atoms with Gasteiger partial charge in [0.1, 0.15) is 5.75 Å². The number of nitrogens with one attached hydrogen (secondary N) is 1. The van der Waals surface area contributed by atoms with E-state index in [2.05, 4.69) is 5.32 Å². The predicted molar refractivity (Wildman–Crippen MR) is 113 cm³/mol. The highest BCUT2D eigenvalue weighted by atomic mass is 32.2. The van der Waals surface area contributed by atoms with Gasteiger partial charge in [0.15, 0.2) is 0 Å². The first-order valence-corrected chi connectivity index (χ1v) is 11.5. The molecule has 7 heteroatoms. The van der Waals surface area contributed by atoms with Gasteiger partial charge in [0.05, 0.1) is 11.5 Å². The molecular weight excluding hydrogens is 388 g/mol. The Balaban J connectivity index is 1.43. The van der Waals surface area contributed by atoms with Crippen molar-refractivity contribution in [2.24, 2.45) is 5.92 Å². The first-order valence-electron chi connectivity index (χ1n) is 10.1. The van der Waals surface area contributed by atoms with E-state index >= 15 is 0 Å². The van der Waals surface area contributed by atoms with Gasteiger partial charge in [-0.3, -0.25) is 4.79 Å². The van der Waals surface area contributed by atoms with Gasteiger partial charge in [-0.2, -0.15) is 4.31 Å². The van der Waals surface area contributed by atoms with Crippen LogP contribution in [0.25, 0.3) is 0 Å². The Hall–Kier alpha value is -2.38. The summed E-state index contributed by atoms with van der Waals surface area (Å²) in [5, 5.41) is 2.90. The summed E-state index contributed by atoms with van der Waals surface area (Å²) in [4.78, 5) is 12.6. The number of benzene rings is 2. The normalized spacial score (nSPS) is 15.8. The maximum Gasteiger partial charge on any atom is 0.243 e. The first-order chi connectivity index (χ1) is 14.0. The zero-order valence-corrected chi connectivity index (χ0v) is 17.5. The lowest BCUT2D eigenvalue weighted by Gasteiger charge is -2.31. The Labute approximate surface area is 172 Å². The van der Waals surface area contributed by atoms with Gasteiger partial charge in [0, 0.05) is 25.2 Å². The fourth-order valence-electron chi connectivity index (χ4n) is 3.54. The number of hydrogen-bond acceptors (Lipinski definition) is 4. The summed E-state index contributed by atoms with van der Waals surface area (Å²) in [5.41, 5.74) is 0.752. The average Bonchev–Trinajstić information content (AvgIpc) is 2.75. The predicted octanol–water partition coefficient (Wildman–Crippen LogP) is 3.90. The zero-order valence-electron chi connectivity index (χ0n) is 16.7. The molecule has 1 aliphatic rings. The van der Waals surface area contributed by atoms with Crippen LogP contribution in [0.3, 0.4) is 0 Å². The highest BCUT2D eigenvalue weighted by molar-refractivity contribution is 7.89. The summed E-state index contributed by atoms with van der Waals surface area (Å²) in [6.07, 6.45) is 2.76. The van der Waals surface area contributed by atoms with Gasteiger partial charge in [-0.25, -0.2) is 8.42 Å². The van der Waals surface area contributed by atoms with Crippen molar-refractivity contribution in [2.75, 3.05) is 25.0 Å². The number of carbonyl (C=O) groups is 1. The second-order valence-electron chi connectivity index (χ2n) is 7.20. The molecule has 0 bridgehead atoms. The minimum absolute atomic E-state index is 0.0199. The van der Waals surface area contributed by atoms with Crippen molar-refractivity contribution in [3.8, 4) is 5.75 Å². The third-order valence-electron chi connectivity index (χ3n) is 5.18. The highest BCUT2D eigenvalue weighted by Gasteiger charge is 2.29. The molecule has 0 spiro atoms. The lowest BCUT2D eigenvalue weighted by Crippen LogP contribution is -2.38. The summed E-state index contributed by atoms with van der Waals surface area (Å²) in [6.45, 7) is 3.54. The number of amides is 1. The number of anilines is 1. The Morgan fingerprint density at radius 1 is 1.07 bits per heavy atom. The van der Waals surface area contributed by atoms with E-state index in [1.54, 1.807) is 28.6 Å². The molecule has 2 aromatic rings. The summed E-state index contributed by atoms with van der Waals surface area (Å²) in [5.74, 6) is 1.12. The smallest absolute Gasteiger partial charge is 0.243 e. The van der Waals surface area contributed by atoms with E-state index in [1.165, 1.54) is 0 Å². The fourth-order valence-corrected chi connectivity index (χ4v) is 5.03. The van der Waals surface area contributed by atoms with E-state index in [-0.39, 0.29) is 5.91 Å². The minimum Gasteiger partial charge on any atom is -0.494 e. The van der Waals surface area contributed by atoms with Crippen LogP contribution in [-0.2, 0) is 14.8 Å². The van der Waals surface area contributed by atoms with Crippen molar-refractivity contribution in [2.45, 2.75) is 37.5 Å². The van der Waals surface area contributed by atoms with E-state index in [4.69, 9.17) is 4.74 Å². The Morgan fingerprint density at radius 2 is 1.72 bits per heavy atom. The molecule has 1 amide bonds. The summed E-state index contributed by atoms with van der Waals surface area (Å²) in [7, 11) is -3.42. The van der Waals surface area contributed by atoms with Crippen molar-refractivity contribution < 1.29 is 17.9 Å². The monoisotopic (exact) mass is 416 g/mol. The molecule has 0 atom stereocenters. The highest BCUT2D eigenvalue weighted by Crippen LogP contribution is 2.26. The third-order valence-corrected chi connectivity index (χ3v) is 7.10. The van der Waals surface area contributed by atoms with Gasteiger partial charge < -0.3 is 10.1 Å². The number of piperidine rings is 1. The van der Waals surface area contributed by atoms with Gasteiger partial charge in [-0.15, -0.1) is 0 Å². The van der Waals surface area contributed by atoms with Crippen LogP contribution in [0.5, 0.6) is 5.75 Å². The van der Waals surface area contributed by atoms with Crippen molar-refractivity contribution in [3.63, 3.8) is 0 Å². The van der Waals surface area contributed by atoms with E-state index < -0.39 is 10.0 Å². The summed E-state index contributed by atoms with van der Waals surface area (Å²) < 4.78 is 32.3. The van der Waals surface area contributed by atoms with Crippen molar-refractivity contribution in [1.82, 2.24) is 4.31 Å². The third kappa shape index (κ3) is 5.81. The number of ether oxygens (including phenoxy) is 1. The minimum atomic E-state index is -3.42. The largest absolute Gasteiger partial charge is 0.494 e. The molecule has 0 radical (unpaired) electrons. The SMILES string of the molecule is CCOc1ccc(NC(=O)CCC2CCN(S(=O)(=O)c3ccccc3)CC2)cc1. The molecule has 6 nitrogen and oxygen atoms in total. The molecule has 2 aromatic carbocycles. The van der Waals surface area contributed by atoms with Crippen molar-refractivity contribution in [1.29, 1.82) is 0 Å². The molecule has 0 aromatic heterocycles. The quantitative estimate of drug-likeness (QED) is 0.708. The van der Waals surface area contributed by atoms with E-state index in [9.17, 15) is 13.2 Å². The molecular formula is C22H28N2O4S. The molecule has 1 saturated heterocycles. The lowest BCUT2D eigenvalue weighted by molar-refractivity contribution is -0.116. The van der Waals surface area contributed by atoms with Crippen molar-refractivity contribution >= 4 is 21.6 Å². The number of nitrogens with zero attached hydrogens (tertiary/aromatic N) is 1. The van der Waals surface area contributed by atoms with Crippen LogP contribution in [0.2, 0.25) is 0 Å². The van der Waals surface area contributed by atoms with Crippen LogP contribution >= 0.6 is 0 Å². The molecule has 0 saturated carbocycles. The van der Waals surface area contributed by atoms with Crippen LogP contribution in [-0.4, -0.2) is 38.3 Å². The van der Waals surface area contributed by atoms with Gasteiger partial charge in [-0.1, -0.05) is 18.2 Å². The van der Waals surface area contributed by atoms with Crippen LogP contribution in [0.15, 0.2) is 59.5 Å². The number of carbonyl (C=O) groups excluding carboxylic acids is 1. The van der Waals surface area contributed by atoms with Crippen molar-refractivity contribution in [3.05, 3.63) is 54.6 Å². The van der Waals surface area contributed by atoms with E-state index in [0.29, 0.717) is 36.9 Å². The molecule has 156 valence electrons. The first kappa shape index (κ1) is 21.3. The molecule has 1 N–H and O–H groups in total. The molecule has 0 aliphatic carbocycles. The number of sulfonamides is 1. The topological polar surface area (TPSA) is 75.7 Å². The fraction of sp³-hybridized carbons (Fsp3) is 0.409. The lowest BCUT2D eigenvalue weighted by atomic mass is 9.93. The average molecular weight is 417 g/mol. The maximum absolute atomic E-state index is 12.7. The van der Waals surface area contributed by atoms with Crippen LogP contribution < -0.4 is 10.1 Å². The van der Waals surface area contributed by atoms with E-state index in [1.807, 2.05) is 37.3 Å². The maximum atomic E-state index is 12.7. The van der Waals surface area contributed by atoms with Crippen LogP contribution in [0, 0.1) is 5.92 Å². The van der Waals surface area contributed by atoms with Crippen LogP contribution in [0.1, 0.15) is 32.6 Å². The molecule has 1 fully saturated rings. The Bertz CT molecular complexity index is 890. The van der Waals surface area contributed by atoms with E-state index in [0.717, 1.165) is 30.7 Å². The second kappa shape index (κ2) is 9.89. The second-order valence-corrected chi connectivity index (χ2v) is 9.14. The molecule has 1 heterocycles. The van der Waals surface area contributed by atoms with Gasteiger partial charge in [0.2, 0.25) is 15.9 Å². The molecule has 3 rings (SSSR count). The standard InChI is InChI=1S/C22H28N2O4S/c1-2-28-20-11-9-19(10-12-20)23-22(25)13-8-18-14-16-24(17-15-18)29(26,27)21-6-4-3-5-7-21/h3-7,9-12,18H,2,8,13-17H2,1H3,(H,23,25). The van der Waals surface area contributed by atoms with Gasteiger partial charge >= 0.3 is 0 Å². The Morgan fingerprint density at radius 3 is 2.34 bits per heavy atom. The van der Waals surface area contributed by atoms with Gasteiger partial charge in [-0.05, 0) is 68.5 Å². The molecule has 0 unspecified atom stereocenters.